The third-order valence-corrected chi connectivity index (χ3v) is 3.88. The van der Waals surface area contributed by atoms with Crippen LogP contribution in [0.5, 0.6) is 0 Å². The molecular formula is C21H17N4+. The highest BCUT2D eigenvalue weighted by Crippen LogP contribution is 2.23. The van der Waals surface area contributed by atoms with Gasteiger partial charge in [0.05, 0.1) is 36.1 Å². The molecule has 0 saturated carbocycles. The molecule has 0 amide bonds. The van der Waals surface area contributed by atoms with Gasteiger partial charge in [0.15, 0.2) is 0 Å². The van der Waals surface area contributed by atoms with Crippen LogP contribution in [0.15, 0.2) is 107 Å². The molecule has 25 heavy (non-hydrogen) atoms. The van der Waals surface area contributed by atoms with Gasteiger partial charge >= 0.3 is 0 Å². The van der Waals surface area contributed by atoms with E-state index in [-0.39, 0.29) is 0 Å². The molecule has 0 saturated heterocycles. The van der Waals surface area contributed by atoms with Crippen LogP contribution >= 0.6 is 0 Å². The minimum absolute atomic E-state index is 0.820. The second-order valence-electron chi connectivity index (χ2n) is 5.69. The van der Waals surface area contributed by atoms with Crippen molar-refractivity contribution in [2.45, 2.75) is 0 Å². The lowest BCUT2D eigenvalue weighted by molar-refractivity contribution is 0.517. The molecule has 2 aliphatic heterocycles. The van der Waals surface area contributed by atoms with Crippen LogP contribution in [-0.4, -0.2) is 11.4 Å². The highest BCUT2D eigenvalue weighted by molar-refractivity contribution is 5.55. The second kappa shape index (κ2) is 6.95. The Balaban J connectivity index is 1.42. The first-order chi connectivity index (χ1) is 12.4. The number of benzene rings is 2. The first-order valence-electron chi connectivity index (χ1n) is 8.16. The summed E-state index contributed by atoms with van der Waals surface area (Å²) in [6, 6.07) is 17.6. The monoisotopic (exact) mass is 325 g/mol. The average molecular weight is 325 g/mol. The summed E-state index contributed by atoms with van der Waals surface area (Å²) in [4.78, 5) is 2.15. The smallest absolute Gasteiger partial charge is 0.211 e. The molecule has 2 aromatic rings. The van der Waals surface area contributed by atoms with Crippen LogP contribution in [-0.2, 0) is 0 Å². The van der Waals surface area contributed by atoms with Gasteiger partial charge in [0, 0.05) is 11.9 Å². The van der Waals surface area contributed by atoms with E-state index < -0.39 is 0 Å². The molecule has 1 N–H and O–H groups in total. The number of nitrogens with zero attached hydrogens (tertiary/aromatic N) is 3. The normalized spacial score (nSPS) is 15.4. The van der Waals surface area contributed by atoms with E-state index in [1.54, 1.807) is 0 Å². The third kappa shape index (κ3) is 3.71. The predicted molar refractivity (Wildman–Crippen MR) is 101 cm³/mol. The van der Waals surface area contributed by atoms with Crippen molar-refractivity contribution in [3.8, 4) is 0 Å². The maximum absolute atomic E-state index is 4.26. The Morgan fingerprint density at radius 1 is 0.880 bits per heavy atom. The fraction of sp³-hybridized carbons (Fsp3) is 0.0476. The van der Waals surface area contributed by atoms with Crippen LogP contribution in [0.3, 0.4) is 0 Å². The summed E-state index contributed by atoms with van der Waals surface area (Å²) in [5.74, 6) is 0. The second-order valence-corrected chi connectivity index (χ2v) is 5.69. The standard InChI is InChI=1S/C21H17N4/c1-2-6-18(7-3-1)23-24-19-11-9-17(10-12-19)22-20-13-15-25-14-5-4-8-21(25)16-20/h1-14,22H,15H2/q+1. The van der Waals surface area contributed by atoms with E-state index in [4.69, 9.17) is 0 Å². The molecule has 0 unspecified atom stereocenters. The Morgan fingerprint density at radius 3 is 2.44 bits per heavy atom. The topological polar surface area (TPSA) is 40.0 Å². The highest BCUT2D eigenvalue weighted by atomic mass is 15.1. The van der Waals surface area contributed by atoms with Gasteiger partial charge < -0.3 is 10.2 Å². The predicted octanol–water partition coefficient (Wildman–Crippen LogP) is 5.48. The SMILES string of the molecule is [C+]1=C2C=CC=CN2CC=C1Nc1ccc(N=Nc2ccccc2)cc1. The van der Waals surface area contributed by atoms with E-state index >= 15 is 0 Å². The summed E-state index contributed by atoms with van der Waals surface area (Å²) in [6.07, 6.45) is 13.7. The van der Waals surface area contributed by atoms with Crippen LogP contribution in [0.25, 0.3) is 0 Å². The number of azo groups is 1. The summed E-state index contributed by atoms with van der Waals surface area (Å²) in [5.41, 5.74) is 4.71. The van der Waals surface area contributed by atoms with Crippen molar-refractivity contribution in [2.24, 2.45) is 10.2 Å². The minimum Gasteiger partial charge on any atom is -0.326 e. The molecule has 0 atom stereocenters. The van der Waals surface area contributed by atoms with Crippen molar-refractivity contribution in [3.05, 3.63) is 103 Å². The molecule has 2 aliphatic rings. The van der Waals surface area contributed by atoms with Gasteiger partial charge in [-0.2, -0.15) is 10.2 Å². The molecule has 4 nitrogen and oxygen atoms in total. The van der Waals surface area contributed by atoms with Gasteiger partial charge in [0.2, 0.25) is 11.4 Å². The number of anilines is 1. The lowest BCUT2D eigenvalue weighted by Crippen LogP contribution is -2.22. The van der Waals surface area contributed by atoms with Crippen molar-refractivity contribution >= 4 is 17.1 Å². The van der Waals surface area contributed by atoms with Gasteiger partial charge in [0.25, 0.3) is 0 Å². The maximum Gasteiger partial charge on any atom is 0.211 e. The fourth-order valence-electron chi connectivity index (χ4n) is 2.59. The van der Waals surface area contributed by atoms with Gasteiger partial charge in [-0.25, -0.2) is 0 Å². The largest absolute Gasteiger partial charge is 0.326 e. The van der Waals surface area contributed by atoms with E-state index in [0.717, 1.165) is 35.0 Å². The molecule has 4 rings (SSSR count). The lowest BCUT2D eigenvalue weighted by Gasteiger charge is -2.19. The van der Waals surface area contributed by atoms with Gasteiger partial charge in [-0.05, 0) is 48.6 Å². The molecule has 4 heteroatoms. The lowest BCUT2D eigenvalue weighted by atomic mass is 10.1. The van der Waals surface area contributed by atoms with Crippen molar-refractivity contribution in [3.63, 3.8) is 0 Å². The van der Waals surface area contributed by atoms with Crippen molar-refractivity contribution in [2.75, 3.05) is 11.9 Å². The number of rotatable bonds is 4. The number of hydrogen-bond donors (Lipinski definition) is 1. The van der Waals surface area contributed by atoms with Crippen molar-refractivity contribution in [1.29, 1.82) is 0 Å². The molecule has 0 radical (unpaired) electrons. The summed E-state index contributed by atoms with van der Waals surface area (Å²) in [6.45, 7) is 0.842. The first-order valence-corrected chi connectivity index (χ1v) is 8.16. The first kappa shape index (κ1) is 15.1. The van der Waals surface area contributed by atoms with Crippen molar-refractivity contribution < 1.29 is 0 Å². The Labute approximate surface area is 147 Å². The molecule has 0 bridgehead atoms. The van der Waals surface area contributed by atoms with Crippen LogP contribution in [0.2, 0.25) is 0 Å². The van der Waals surface area contributed by atoms with E-state index in [9.17, 15) is 0 Å². The minimum atomic E-state index is 0.820. The zero-order chi connectivity index (χ0) is 16.9. The van der Waals surface area contributed by atoms with E-state index in [1.807, 2.05) is 66.7 Å². The number of allylic oxidation sites excluding steroid dienone is 4. The molecule has 0 fully saturated rings. The summed E-state index contributed by atoms with van der Waals surface area (Å²) < 4.78 is 0. The Bertz CT molecular complexity index is 887. The molecule has 2 aromatic carbocycles. The highest BCUT2D eigenvalue weighted by Gasteiger charge is 2.20. The third-order valence-electron chi connectivity index (χ3n) is 3.88. The van der Waals surface area contributed by atoms with Crippen molar-refractivity contribution in [1.82, 2.24) is 4.90 Å². The molecule has 0 aromatic heterocycles. The average Bonchev–Trinajstić information content (AvgIpc) is 2.68. The van der Waals surface area contributed by atoms with Gasteiger partial charge in [-0.15, -0.1) is 0 Å². The Hall–Kier alpha value is -3.49. The van der Waals surface area contributed by atoms with Crippen LogP contribution in [0, 0.1) is 6.08 Å². The molecule has 2 heterocycles. The molecular weight excluding hydrogens is 308 g/mol. The maximum atomic E-state index is 4.26. The fourth-order valence-corrected chi connectivity index (χ4v) is 2.59. The van der Waals surface area contributed by atoms with E-state index in [2.05, 4.69) is 44.9 Å². The molecule has 0 aliphatic carbocycles. The Morgan fingerprint density at radius 2 is 1.64 bits per heavy atom. The van der Waals surface area contributed by atoms with Gasteiger partial charge in [-0.1, -0.05) is 18.2 Å². The summed E-state index contributed by atoms with van der Waals surface area (Å²) in [5, 5.41) is 11.9. The molecule has 0 spiro atoms. The van der Waals surface area contributed by atoms with E-state index in [0.29, 0.717) is 0 Å². The molecule has 120 valence electrons. The quantitative estimate of drug-likeness (QED) is 0.597. The number of hydrogen-bond acceptors (Lipinski definition) is 4. The summed E-state index contributed by atoms with van der Waals surface area (Å²) in [7, 11) is 0. The summed E-state index contributed by atoms with van der Waals surface area (Å²) >= 11 is 0. The Kier molecular flexibility index (Phi) is 4.19. The van der Waals surface area contributed by atoms with Gasteiger partial charge in [-0.3, -0.25) is 0 Å². The van der Waals surface area contributed by atoms with E-state index in [1.165, 1.54) is 0 Å². The number of fused-ring (bicyclic) bond motifs is 1. The van der Waals surface area contributed by atoms with Crippen LogP contribution < -0.4 is 5.32 Å². The van der Waals surface area contributed by atoms with Crippen LogP contribution in [0.4, 0.5) is 17.1 Å². The zero-order valence-corrected chi connectivity index (χ0v) is 13.6. The zero-order valence-electron chi connectivity index (χ0n) is 13.6. The van der Waals surface area contributed by atoms with Gasteiger partial charge in [0.1, 0.15) is 0 Å². The number of nitrogens with one attached hydrogen (secondary N) is 1. The van der Waals surface area contributed by atoms with Crippen LogP contribution in [0.1, 0.15) is 0 Å².